The highest BCUT2D eigenvalue weighted by Crippen LogP contribution is 2.55. The third-order valence-corrected chi connectivity index (χ3v) is 5.25. The van der Waals surface area contributed by atoms with Crippen molar-refractivity contribution in [3.63, 3.8) is 0 Å². The second-order valence-corrected chi connectivity index (χ2v) is 6.07. The van der Waals surface area contributed by atoms with Crippen molar-refractivity contribution in [2.75, 3.05) is 13.6 Å². The van der Waals surface area contributed by atoms with Gasteiger partial charge in [0, 0.05) is 17.0 Å². The SMILES string of the molecule is CN1CC[C@@]23CCCC1[C@H]2Oc1ccc(O)cc13. The number of phenolic OH excluding ortho intramolecular Hbond substituents is 1. The Morgan fingerprint density at radius 3 is 3.17 bits per heavy atom. The number of nitrogens with zero attached hydrogens (tertiary/aromatic N) is 1. The Morgan fingerprint density at radius 2 is 2.28 bits per heavy atom. The van der Waals surface area contributed by atoms with E-state index in [-0.39, 0.29) is 5.41 Å². The van der Waals surface area contributed by atoms with Crippen molar-refractivity contribution in [1.82, 2.24) is 4.90 Å². The zero-order chi connectivity index (χ0) is 12.3. The number of likely N-dealkylation sites (N-methyl/N-ethyl adjacent to an activating group) is 1. The van der Waals surface area contributed by atoms with Crippen LogP contribution < -0.4 is 4.74 Å². The molecule has 0 aromatic heterocycles. The number of rotatable bonds is 0. The summed E-state index contributed by atoms with van der Waals surface area (Å²) in [4.78, 5) is 2.45. The average Bonchev–Trinajstić information content (AvgIpc) is 2.69. The van der Waals surface area contributed by atoms with Gasteiger partial charge in [0.25, 0.3) is 0 Å². The molecule has 2 heterocycles. The number of ether oxygens (including phenoxy) is 1. The molecule has 3 nitrogen and oxygen atoms in total. The van der Waals surface area contributed by atoms with Gasteiger partial charge >= 0.3 is 0 Å². The van der Waals surface area contributed by atoms with Gasteiger partial charge in [0.2, 0.25) is 0 Å². The molecule has 0 spiro atoms. The minimum Gasteiger partial charge on any atom is -0.508 e. The lowest BCUT2D eigenvalue weighted by Gasteiger charge is -2.51. The minimum absolute atomic E-state index is 0.170. The van der Waals surface area contributed by atoms with E-state index in [1.165, 1.54) is 24.8 Å². The van der Waals surface area contributed by atoms with Crippen LogP contribution in [0.15, 0.2) is 18.2 Å². The molecule has 1 saturated carbocycles. The molecule has 1 unspecified atom stereocenters. The summed E-state index contributed by atoms with van der Waals surface area (Å²) in [5.41, 5.74) is 1.43. The Bertz CT molecular complexity index is 501. The van der Waals surface area contributed by atoms with E-state index in [1.54, 1.807) is 6.07 Å². The van der Waals surface area contributed by atoms with E-state index in [9.17, 15) is 5.11 Å². The van der Waals surface area contributed by atoms with Gasteiger partial charge in [-0.25, -0.2) is 0 Å². The van der Waals surface area contributed by atoms with E-state index in [2.05, 4.69) is 11.9 Å². The number of phenols is 1. The Balaban J connectivity index is 1.87. The lowest BCUT2D eigenvalue weighted by molar-refractivity contribution is -0.0303. The van der Waals surface area contributed by atoms with Crippen LogP contribution in [-0.4, -0.2) is 35.7 Å². The van der Waals surface area contributed by atoms with Crippen LogP contribution in [0.4, 0.5) is 0 Å². The van der Waals surface area contributed by atoms with Gasteiger partial charge in [-0.1, -0.05) is 6.42 Å². The summed E-state index contributed by atoms with van der Waals surface area (Å²) in [6, 6.07) is 6.15. The van der Waals surface area contributed by atoms with Crippen LogP contribution in [0.1, 0.15) is 31.2 Å². The summed E-state index contributed by atoms with van der Waals surface area (Å²) in [6.07, 6.45) is 5.16. The van der Waals surface area contributed by atoms with E-state index in [0.717, 1.165) is 18.7 Å². The Hall–Kier alpha value is -1.22. The molecule has 1 aromatic rings. The summed E-state index contributed by atoms with van der Waals surface area (Å²) >= 11 is 0. The molecular formula is C15H19NO2. The normalized spacial score (nSPS) is 37.8. The summed E-state index contributed by atoms with van der Waals surface area (Å²) in [6.45, 7) is 1.14. The Kier molecular flexibility index (Phi) is 2.03. The van der Waals surface area contributed by atoms with Gasteiger partial charge in [0.1, 0.15) is 17.6 Å². The number of hydrogen-bond donors (Lipinski definition) is 1. The van der Waals surface area contributed by atoms with Gasteiger partial charge in [-0.3, -0.25) is 4.90 Å². The second-order valence-electron chi connectivity index (χ2n) is 6.07. The van der Waals surface area contributed by atoms with E-state index in [4.69, 9.17) is 4.74 Å². The van der Waals surface area contributed by atoms with Crippen molar-refractivity contribution < 1.29 is 9.84 Å². The zero-order valence-corrected chi connectivity index (χ0v) is 10.7. The van der Waals surface area contributed by atoms with Crippen molar-refractivity contribution in [3.8, 4) is 11.5 Å². The Morgan fingerprint density at radius 1 is 1.39 bits per heavy atom. The molecule has 2 bridgehead atoms. The first-order valence-corrected chi connectivity index (χ1v) is 6.91. The molecule has 4 rings (SSSR count). The van der Waals surface area contributed by atoms with Crippen LogP contribution in [0.25, 0.3) is 0 Å². The summed E-state index contributed by atoms with van der Waals surface area (Å²) < 4.78 is 6.24. The molecule has 1 N–H and O–H groups in total. The van der Waals surface area contributed by atoms with Crippen molar-refractivity contribution >= 4 is 0 Å². The van der Waals surface area contributed by atoms with Gasteiger partial charge in [-0.15, -0.1) is 0 Å². The van der Waals surface area contributed by atoms with Gasteiger partial charge in [0.05, 0.1) is 0 Å². The van der Waals surface area contributed by atoms with Crippen LogP contribution in [0, 0.1) is 0 Å². The first-order chi connectivity index (χ1) is 8.71. The molecule has 0 radical (unpaired) electrons. The predicted molar refractivity (Wildman–Crippen MR) is 69.1 cm³/mol. The van der Waals surface area contributed by atoms with Crippen LogP contribution in [0.2, 0.25) is 0 Å². The van der Waals surface area contributed by atoms with Gasteiger partial charge in [-0.2, -0.15) is 0 Å². The first kappa shape index (κ1) is 10.7. The molecule has 0 amide bonds. The van der Waals surface area contributed by atoms with E-state index in [1.807, 2.05) is 12.1 Å². The second kappa shape index (κ2) is 3.41. The quantitative estimate of drug-likeness (QED) is 0.761. The molecule has 3 heteroatoms. The highest BCUT2D eigenvalue weighted by atomic mass is 16.5. The maximum Gasteiger partial charge on any atom is 0.124 e. The number of hydrogen-bond acceptors (Lipinski definition) is 3. The smallest absolute Gasteiger partial charge is 0.124 e. The minimum atomic E-state index is 0.170. The number of fused-ring (bicyclic) bond motifs is 1. The van der Waals surface area contributed by atoms with Crippen molar-refractivity contribution in [3.05, 3.63) is 23.8 Å². The average molecular weight is 245 g/mol. The maximum atomic E-state index is 9.77. The summed E-state index contributed by atoms with van der Waals surface area (Å²) in [5, 5.41) is 9.77. The highest BCUT2D eigenvalue weighted by Gasteiger charge is 2.57. The molecule has 1 aliphatic carbocycles. The molecule has 96 valence electrons. The van der Waals surface area contributed by atoms with Crippen LogP contribution in [-0.2, 0) is 5.41 Å². The van der Waals surface area contributed by atoms with E-state index < -0.39 is 0 Å². The third kappa shape index (κ3) is 1.18. The molecular weight excluding hydrogens is 226 g/mol. The maximum absolute atomic E-state index is 9.77. The fraction of sp³-hybridized carbons (Fsp3) is 0.600. The van der Waals surface area contributed by atoms with Crippen molar-refractivity contribution in [2.45, 2.75) is 43.2 Å². The molecule has 2 aliphatic heterocycles. The van der Waals surface area contributed by atoms with Gasteiger partial charge in [-0.05, 0) is 51.1 Å². The number of piperidine rings is 1. The molecule has 18 heavy (non-hydrogen) atoms. The van der Waals surface area contributed by atoms with Crippen LogP contribution >= 0.6 is 0 Å². The summed E-state index contributed by atoms with van der Waals surface area (Å²) in [5.74, 6) is 1.37. The molecule has 3 atom stereocenters. The van der Waals surface area contributed by atoms with E-state index in [0.29, 0.717) is 17.9 Å². The monoisotopic (exact) mass is 245 g/mol. The van der Waals surface area contributed by atoms with Crippen molar-refractivity contribution in [1.29, 1.82) is 0 Å². The lowest BCUT2D eigenvalue weighted by atomic mass is 9.62. The molecule has 3 aliphatic rings. The van der Waals surface area contributed by atoms with Crippen LogP contribution in [0.3, 0.4) is 0 Å². The highest BCUT2D eigenvalue weighted by molar-refractivity contribution is 5.50. The van der Waals surface area contributed by atoms with Gasteiger partial charge in [0.15, 0.2) is 0 Å². The number of aromatic hydroxyl groups is 1. The fourth-order valence-corrected chi connectivity index (χ4v) is 4.31. The lowest BCUT2D eigenvalue weighted by Crippen LogP contribution is -2.60. The van der Waals surface area contributed by atoms with Crippen LogP contribution in [0.5, 0.6) is 11.5 Å². The molecule has 1 aromatic carbocycles. The molecule has 1 saturated heterocycles. The molecule has 2 fully saturated rings. The van der Waals surface area contributed by atoms with Crippen molar-refractivity contribution in [2.24, 2.45) is 0 Å². The standard InChI is InChI=1S/C15H19NO2/c1-16-8-7-15-6-2-3-12(16)14(15)18-13-5-4-10(17)9-11(13)15/h4-5,9,12,14,17H,2-3,6-8H2,1H3/t12?,14-,15-/m1/s1. The third-order valence-electron chi connectivity index (χ3n) is 5.25. The van der Waals surface area contributed by atoms with Gasteiger partial charge < -0.3 is 9.84 Å². The largest absolute Gasteiger partial charge is 0.508 e. The topological polar surface area (TPSA) is 32.7 Å². The van der Waals surface area contributed by atoms with E-state index >= 15 is 0 Å². The predicted octanol–water partition coefficient (Wildman–Crippen LogP) is 2.28. The Labute approximate surface area is 107 Å². The fourth-order valence-electron chi connectivity index (χ4n) is 4.31. The first-order valence-electron chi connectivity index (χ1n) is 6.91. The zero-order valence-electron chi connectivity index (χ0n) is 10.7. The summed E-state index contributed by atoms with van der Waals surface area (Å²) in [7, 11) is 2.21. The number of benzene rings is 1. The number of likely N-dealkylation sites (tertiary alicyclic amines) is 1.